The van der Waals surface area contributed by atoms with E-state index < -0.39 is 0 Å². The Morgan fingerprint density at radius 2 is 1.67 bits per heavy atom. The topological polar surface area (TPSA) is 58.2 Å². The first-order valence-electron chi connectivity index (χ1n) is 6.76. The predicted octanol–water partition coefficient (Wildman–Crippen LogP) is 3.13. The van der Waals surface area contributed by atoms with Gasteiger partial charge in [-0.05, 0) is 42.3 Å². The van der Waals surface area contributed by atoms with Crippen LogP contribution in [0.3, 0.4) is 0 Å². The molecule has 0 aromatic heterocycles. The fourth-order valence-corrected chi connectivity index (χ4v) is 2.02. The molecular formula is C17H18N2O2. The van der Waals surface area contributed by atoms with Gasteiger partial charge in [0.2, 0.25) is 11.8 Å². The van der Waals surface area contributed by atoms with Crippen molar-refractivity contribution >= 4 is 23.2 Å². The Balaban J connectivity index is 1.95. The molecule has 4 heteroatoms. The van der Waals surface area contributed by atoms with Gasteiger partial charge < -0.3 is 10.6 Å². The molecule has 4 nitrogen and oxygen atoms in total. The van der Waals surface area contributed by atoms with Gasteiger partial charge in [0, 0.05) is 18.3 Å². The molecule has 2 N–H and O–H groups in total. The summed E-state index contributed by atoms with van der Waals surface area (Å²) in [4.78, 5) is 22.9. The smallest absolute Gasteiger partial charge is 0.228 e. The third-order valence-electron chi connectivity index (χ3n) is 2.94. The maximum absolute atomic E-state index is 12.0. The molecule has 2 rings (SSSR count). The molecule has 2 amide bonds. The molecule has 0 saturated carbocycles. The summed E-state index contributed by atoms with van der Waals surface area (Å²) in [7, 11) is 0. The van der Waals surface area contributed by atoms with Crippen LogP contribution in [0.2, 0.25) is 0 Å². The van der Waals surface area contributed by atoms with Crippen molar-refractivity contribution in [2.45, 2.75) is 20.3 Å². The van der Waals surface area contributed by atoms with Crippen LogP contribution in [0.5, 0.6) is 0 Å². The minimum Gasteiger partial charge on any atom is -0.326 e. The molecule has 0 bridgehead atoms. The van der Waals surface area contributed by atoms with Crippen molar-refractivity contribution in [2.24, 2.45) is 0 Å². The van der Waals surface area contributed by atoms with Crippen molar-refractivity contribution in [1.29, 1.82) is 0 Å². The van der Waals surface area contributed by atoms with Gasteiger partial charge in [0.25, 0.3) is 0 Å². The van der Waals surface area contributed by atoms with Gasteiger partial charge in [-0.25, -0.2) is 0 Å². The molecule has 108 valence electrons. The van der Waals surface area contributed by atoms with E-state index in [1.54, 1.807) is 12.1 Å². The summed E-state index contributed by atoms with van der Waals surface area (Å²) in [5.74, 6) is -0.173. The van der Waals surface area contributed by atoms with Crippen molar-refractivity contribution in [3.63, 3.8) is 0 Å². The second-order valence-corrected chi connectivity index (χ2v) is 4.97. The molecule has 0 aliphatic carbocycles. The number of nitrogens with one attached hydrogen (secondary N) is 2. The lowest BCUT2D eigenvalue weighted by atomic mass is 10.1. The summed E-state index contributed by atoms with van der Waals surface area (Å²) in [6.07, 6.45) is 0.300. The van der Waals surface area contributed by atoms with Crippen LogP contribution in [0.1, 0.15) is 18.1 Å². The normalized spacial score (nSPS) is 10.0. The quantitative estimate of drug-likeness (QED) is 0.905. The minimum absolute atomic E-state index is 0.0622. The van der Waals surface area contributed by atoms with E-state index in [2.05, 4.69) is 10.6 Å². The Bertz CT molecular complexity index is 648. The second kappa shape index (κ2) is 6.70. The number of hydrogen-bond donors (Lipinski definition) is 2. The Morgan fingerprint density at radius 3 is 2.29 bits per heavy atom. The summed E-state index contributed by atoms with van der Waals surface area (Å²) in [5.41, 5.74) is 3.53. The number of amides is 2. The van der Waals surface area contributed by atoms with Gasteiger partial charge >= 0.3 is 0 Å². The molecule has 0 aliphatic rings. The predicted molar refractivity (Wildman–Crippen MR) is 84.3 cm³/mol. The highest BCUT2D eigenvalue weighted by Gasteiger charge is 2.04. The third kappa shape index (κ3) is 4.76. The van der Waals surface area contributed by atoms with Gasteiger partial charge in [-0.3, -0.25) is 9.59 Å². The summed E-state index contributed by atoms with van der Waals surface area (Å²) in [6.45, 7) is 3.44. The van der Waals surface area contributed by atoms with E-state index in [0.717, 1.165) is 22.5 Å². The molecule has 0 fully saturated rings. The molecular weight excluding hydrogens is 264 g/mol. The number of rotatable bonds is 4. The van der Waals surface area contributed by atoms with E-state index >= 15 is 0 Å². The lowest BCUT2D eigenvalue weighted by Gasteiger charge is -2.07. The monoisotopic (exact) mass is 282 g/mol. The molecule has 0 aliphatic heterocycles. The molecule has 21 heavy (non-hydrogen) atoms. The van der Waals surface area contributed by atoms with Crippen LogP contribution in [0.25, 0.3) is 0 Å². The SMILES string of the molecule is CC(=O)Nc1ccc(CC(=O)Nc2cccc(C)c2)cc1. The molecule has 0 unspecified atom stereocenters. The summed E-state index contributed by atoms with van der Waals surface area (Å²) < 4.78 is 0. The Kier molecular flexibility index (Phi) is 4.72. The first kappa shape index (κ1) is 14.8. The average Bonchev–Trinajstić information content (AvgIpc) is 2.40. The maximum Gasteiger partial charge on any atom is 0.228 e. The average molecular weight is 282 g/mol. The van der Waals surface area contributed by atoms with Crippen LogP contribution in [0.15, 0.2) is 48.5 Å². The second-order valence-electron chi connectivity index (χ2n) is 4.97. The first-order valence-corrected chi connectivity index (χ1v) is 6.76. The number of anilines is 2. The Labute approximate surface area is 124 Å². The van der Waals surface area contributed by atoms with E-state index in [1.165, 1.54) is 6.92 Å². The zero-order chi connectivity index (χ0) is 15.2. The minimum atomic E-state index is -0.111. The van der Waals surface area contributed by atoms with Crippen LogP contribution in [0.4, 0.5) is 11.4 Å². The Hall–Kier alpha value is -2.62. The highest BCUT2D eigenvalue weighted by atomic mass is 16.2. The molecule has 2 aromatic rings. The number of aryl methyl sites for hydroxylation is 1. The Morgan fingerprint density at radius 1 is 0.952 bits per heavy atom. The van der Waals surface area contributed by atoms with Crippen molar-refractivity contribution in [3.8, 4) is 0 Å². The number of benzene rings is 2. The zero-order valence-electron chi connectivity index (χ0n) is 12.1. The third-order valence-corrected chi connectivity index (χ3v) is 2.94. The molecule has 2 aromatic carbocycles. The van der Waals surface area contributed by atoms with Gasteiger partial charge in [-0.2, -0.15) is 0 Å². The number of carbonyl (C=O) groups excluding carboxylic acids is 2. The number of hydrogen-bond acceptors (Lipinski definition) is 2. The van der Waals surface area contributed by atoms with Crippen molar-refractivity contribution in [2.75, 3.05) is 10.6 Å². The van der Waals surface area contributed by atoms with Crippen LogP contribution in [-0.4, -0.2) is 11.8 Å². The van der Waals surface area contributed by atoms with E-state index in [9.17, 15) is 9.59 Å². The van der Waals surface area contributed by atoms with Gasteiger partial charge in [0.1, 0.15) is 0 Å². The largest absolute Gasteiger partial charge is 0.326 e. The first-order chi connectivity index (χ1) is 10.0. The standard InChI is InChI=1S/C17H18N2O2/c1-12-4-3-5-16(10-12)19-17(21)11-14-6-8-15(9-7-14)18-13(2)20/h3-10H,11H2,1-2H3,(H,18,20)(H,19,21). The molecule has 0 heterocycles. The molecule has 0 radical (unpaired) electrons. The lowest BCUT2D eigenvalue weighted by Crippen LogP contribution is -2.14. The van der Waals surface area contributed by atoms with Crippen LogP contribution in [-0.2, 0) is 16.0 Å². The molecule has 0 saturated heterocycles. The van der Waals surface area contributed by atoms with Gasteiger partial charge in [-0.15, -0.1) is 0 Å². The number of carbonyl (C=O) groups is 2. The van der Waals surface area contributed by atoms with Crippen LogP contribution in [0, 0.1) is 6.92 Å². The summed E-state index contributed by atoms with van der Waals surface area (Å²) in [6, 6.07) is 14.9. The maximum atomic E-state index is 12.0. The van der Waals surface area contributed by atoms with E-state index in [4.69, 9.17) is 0 Å². The van der Waals surface area contributed by atoms with Gasteiger partial charge in [0.15, 0.2) is 0 Å². The van der Waals surface area contributed by atoms with Gasteiger partial charge in [0.05, 0.1) is 6.42 Å². The summed E-state index contributed by atoms with van der Waals surface area (Å²) >= 11 is 0. The van der Waals surface area contributed by atoms with Crippen LogP contribution < -0.4 is 10.6 Å². The fraction of sp³-hybridized carbons (Fsp3) is 0.176. The van der Waals surface area contributed by atoms with Crippen molar-refractivity contribution < 1.29 is 9.59 Å². The highest BCUT2D eigenvalue weighted by molar-refractivity contribution is 5.92. The highest BCUT2D eigenvalue weighted by Crippen LogP contribution is 2.12. The molecule has 0 atom stereocenters. The van der Waals surface area contributed by atoms with Crippen molar-refractivity contribution in [3.05, 3.63) is 59.7 Å². The summed E-state index contributed by atoms with van der Waals surface area (Å²) in [5, 5.41) is 5.56. The van der Waals surface area contributed by atoms with E-state index in [0.29, 0.717) is 6.42 Å². The lowest BCUT2D eigenvalue weighted by molar-refractivity contribution is -0.116. The fourth-order valence-electron chi connectivity index (χ4n) is 2.02. The van der Waals surface area contributed by atoms with Gasteiger partial charge in [-0.1, -0.05) is 24.3 Å². The molecule has 0 spiro atoms. The van der Waals surface area contributed by atoms with E-state index in [1.807, 2.05) is 43.3 Å². The van der Waals surface area contributed by atoms with Crippen LogP contribution >= 0.6 is 0 Å². The zero-order valence-corrected chi connectivity index (χ0v) is 12.1. The van der Waals surface area contributed by atoms with E-state index in [-0.39, 0.29) is 11.8 Å². The van der Waals surface area contributed by atoms with Crippen molar-refractivity contribution in [1.82, 2.24) is 0 Å².